The molecule has 2 fully saturated rings. The van der Waals surface area contributed by atoms with E-state index in [9.17, 15) is 0 Å². The van der Waals surface area contributed by atoms with Crippen LogP contribution in [0, 0.1) is 5.41 Å². The fourth-order valence-electron chi connectivity index (χ4n) is 2.46. The summed E-state index contributed by atoms with van der Waals surface area (Å²) in [5.74, 6) is 0. The number of nitrogens with two attached hydrogens (primary N) is 1. The second-order valence-electron chi connectivity index (χ2n) is 4.39. The van der Waals surface area contributed by atoms with Gasteiger partial charge in [0.05, 0.1) is 6.17 Å². The van der Waals surface area contributed by atoms with E-state index in [0.29, 0.717) is 5.41 Å². The molecule has 0 aliphatic carbocycles. The lowest BCUT2D eigenvalue weighted by Crippen LogP contribution is -2.39. The van der Waals surface area contributed by atoms with Gasteiger partial charge in [0.1, 0.15) is 0 Å². The smallest absolute Gasteiger partial charge is 0.0542 e. The Hall–Kier alpha value is -0.120. The molecule has 0 aromatic rings. The molecule has 0 aromatic heterocycles. The predicted molar refractivity (Wildman–Crippen MR) is 49.8 cm³/mol. The van der Waals surface area contributed by atoms with Gasteiger partial charge in [0.25, 0.3) is 0 Å². The Kier molecular flexibility index (Phi) is 2.10. The number of nitrogens with one attached hydrogen (secondary N) is 1. The molecule has 12 heavy (non-hydrogen) atoms. The highest BCUT2D eigenvalue weighted by atomic mass is 15.2. The van der Waals surface area contributed by atoms with Crippen molar-refractivity contribution in [1.29, 1.82) is 0 Å². The molecule has 2 aliphatic heterocycles. The highest BCUT2D eigenvalue weighted by molar-refractivity contribution is 4.96. The molecule has 2 rings (SSSR count). The average molecular weight is 169 g/mol. The lowest BCUT2D eigenvalue weighted by Gasteiger charge is -2.24. The van der Waals surface area contributed by atoms with Crippen LogP contribution < -0.4 is 11.1 Å². The second-order valence-corrected chi connectivity index (χ2v) is 4.39. The first kappa shape index (κ1) is 8.48. The van der Waals surface area contributed by atoms with Crippen molar-refractivity contribution in [2.45, 2.75) is 25.9 Å². The lowest BCUT2D eigenvalue weighted by atomic mass is 9.87. The number of hydrogen-bond donors (Lipinski definition) is 2. The summed E-state index contributed by atoms with van der Waals surface area (Å²) in [6.07, 6.45) is 2.92. The van der Waals surface area contributed by atoms with Crippen molar-refractivity contribution in [2.75, 3.05) is 26.2 Å². The molecular weight excluding hydrogens is 150 g/mol. The second kappa shape index (κ2) is 2.98. The molecule has 3 nitrogen and oxygen atoms in total. The van der Waals surface area contributed by atoms with Crippen LogP contribution in [0.5, 0.6) is 0 Å². The van der Waals surface area contributed by atoms with Gasteiger partial charge in [-0.05, 0) is 31.7 Å². The third kappa shape index (κ3) is 1.37. The molecule has 2 aliphatic rings. The van der Waals surface area contributed by atoms with Crippen molar-refractivity contribution in [1.82, 2.24) is 10.2 Å². The van der Waals surface area contributed by atoms with Gasteiger partial charge in [-0.3, -0.25) is 4.90 Å². The maximum Gasteiger partial charge on any atom is 0.0542 e. The lowest BCUT2D eigenvalue weighted by molar-refractivity contribution is 0.226. The van der Waals surface area contributed by atoms with Crippen LogP contribution in [0.25, 0.3) is 0 Å². The number of rotatable bonds is 1. The summed E-state index contributed by atoms with van der Waals surface area (Å²) in [6, 6.07) is 0. The van der Waals surface area contributed by atoms with Crippen LogP contribution in [0.4, 0.5) is 0 Å². The Bertz CT molecular complexity index is 161. The molecule has 3 N–H and O–H groups in total. The molecule has 2 unspecified atom stereocenters. The van der Waals surface area contributed by atoms with E-state index >= 15 is 0 Å². The third-order valence-electron chi connectivity index (χ3n) is 3.38. The summed E-state index contributed by atoms with van der Waals surface area (Å²) in [6.45, 7) is 6.89. The normalized spacial score (nSPS) is 39.5. The zero-order chi connectivity index (χ0) is 8.60. The first-order valence-electron chi connectivity index (χ1n) is 4.92. The molecule has 0 amide bonds. The largest absolute Gasteiger partial charge is 0.316 e. The standard InChI is InChI=1S/C9H19N3/c1-8(10)12-5-3-9(7-12)2-4-11-6-9/h8,11H,2-7,10H2,1H3. The fourth-order valence-corrected chi connectivity index (χ4v) is 2.46. The Balaban J connectivity index is 1.96. The summed E-state index contributed by atoms with van der Waals surface area (Å²) < 4.78 is 0. The van der Waals surface area contributed by atoms with Crippen molar-refractivity contribution in [3.05, 3.63) is 0 Å². The van der Waals surface area contributed by atoms with E-state index in [1.807, 2.05) is 0 Å². The van der Waals surface area contributed by atoms with Crippen molar-refractivity contribution in [3.63, 3.8) is 0 Å². The SMILES string of the molecule is CC(N)N1CCC2(CCNC2)C1. The van der Waals surface area contributed by atoms with Crippen molar-refractivity contribution in [3.8, 4) is 0 Å². The maximum absolute atomic E-state index is 5.85. The molecule has 1 spiro atoms. The number of likely N-dealkylation sites (tertiary alicyclic amines) is 1. The highest BCUT2D eigenvalue weighted by Gasteiger charge is 2.40. The van der Waals surface area contributed by atoms with Crippen LogP contribution in [-0.2, 0) is 0 Å². The molecule has 2 heterocycles. The Morgan fingerprint density at radius 2 is 2.33 bits per heavy atom. The topological polar surface area (TPSA) is 41.3 Å². The van der Waals surface area contributed by atoms with E-state index < -0.39 is 0 Å². The van der Waals surface area contributed by atoms with Crippen LogP contribution in [0.15, 0.2) is 0 Å². The van der Waals surface area contributed by atoms with Crippen molar-refractivity contribution >= 4 is 0 Å². The number of nitrogens with zero attached hydrogens (tertiary/aromatic N) is 1. The Morgan fingerprint density at radius 3 is 2.83 bits per heavy atom. The minimum absolute atomic E-state index is 0.241. The fraction of sp³-hybridized carbons (Fsp3) is 1.00. The van der Waals surface area contributed by atoms with E-state index in [2.05, 4.69) is 17.1 Å². The minimum Gasteiger partial charge on any atom is -0.316 e. The van der Waals surface area contributed by atoms with Gasteiger partial charge in [-0.15, -0.1) is 0 Å². The van der Waals surface area contributed by atoms with Crippen molar-refractivity contribution < 1.29 is 0 Å². The van der Waals surface area contributed by atoms with Gasteiger partial charge in [-0.1, -0.05) is 0 Å². The monoisotopic (exact) mass is 169 g/mol. The molecule has 2 atom stereocenters. The highest BCUT2D eigenvalue weighted by Crippen LogP contribution is 2.36. The summed E-state index contributed by atoms with van der Waals surface area (Å²) >= 11 is 0. The zero-order valence-corrected chi connectivity index (χ0v) is 7.84. The van der Waals surface area contributed by atoms with Crippen LogP contribution in [-0.4, -0.2) is 37.2 Å². The minimum atomic E-state index is 0.241. The maximum atomic E-state index is 5.85. The Labute approximate surface area is 74.3 Å². The van der Waals surface area contributed by atoms with Gasteiger partial charge in [-0.2, -0.15) is 0 Å². The zero-order valence-electron chi connectivity index (χ0n) is 7.84. The summed E-state index contributed by atoms with van der Waals surface area (Å²) in [7, 11) is 0. The van der Waals surface area contributed by atoms with Crippen LogP contribution in [0.3, 0.4) is 0 Å². The van der Waals surface area contributed by atoms with Crippen molar-refractivity contribution in [2.24, 2.45) is 11.1 Å². The van der Waals surface area contributed by atoms with Gasteiger partial charge >= 0.3 is 0 Å². The average Bonchev–Trinajstić information content (AvgIpc) is 2.62. The quantitative estimate of drug-likeness (QED) is 0.579. The summed E-state index contributed by atoms with van der Waals surface area (Å²) in [4.78, 5) is 2.40. The molecule has 0 aromatic carbocycles. The molecule has 2 saturated heterocycles. The molecular formula is C9H19N3. The third-order valence-corrected chi connectivity index (χ3v) is 3.38. The Morgan fingerprint density at radius 1 is 1.50 bits per heavy atom. The van der Waals surface area contributed by atoms with Crippen LogP contribution >= 0.6 is 0 Å². The number of hydrogen-bond acceptors (Lipinski definition) is 3. The van der Waals surface area contributed by atoms with Gasteiger partial charge in [0.15, 0.2) is 0 Å². The summed E-state index contributed by atoms with van der Waals surface area (Å²) in [5.41, 5.74) is 6.43. The van der Waals surface area contributed by atoms with Gasteiger partial charge in [0.2, 0.25) is 0 Å². The first-order chi connectivity index (χ1) is 5.72. The van der Waals surface area contributed by atoms with Crippen LogP contribution in [0.1, 0.15) is 19.8 Å². The predicted octanol–water partition coefficient (Wildman–Crippen LogP) is -0.0235. The molecule has 3 heteroatoms. The van der Waals surface area contributed by atoms with Gasteiger partial charge in [0, 0.05) is 19.6 Å². The van der Waals surface area contributed by atoms with E-state index in [1.165, 1.54) is 39.0 Å². The van der Waals surface area contributed by atoms with Gasteiger partial charge in [-0.25, -0.2) is 0 Å². The van der Waals surface area contributed by atoms with E-state index in [1.54, 1.807) is 0 Å². The van der Waals surface area contributed by atoms with E-state index in [0.717, 1.165) is 0 Å². The molecule has 0 radical (unpaired) electrons. The van der Waals surface area contributed by atoms with E-state index in [-0.39, 0.29) is 6.17 Å². The molecule has 0 saturated carbocycles. The van der Waals surface area contributed by atoms with Crippen LogP contribution in [0.2, 0.25) is 0 Å². The van der Waals surface area contributed by atoms with E-state index in [4.69, 9.17) is 5.73 Å². The molecule has 0 bridgehead atoms. The summed E-state index contributed by atoms with van der Waals surface area (Å²) in [5, 5.41) is 3.45. The first-order valence-corrected chi connectivity index (χ1v) is 4.92. The van der Waals surface area contributed by atoms with Gasteiger partial charge < -0.3 is 11.1 Å². The molecule has 70 valence electrons.